The molecule has 2 aromatic rings. The molecule has 0 heterocycles. The molecule has 0 radical (unpaired) electrons. The number of benzene rings is 2. The first-order valence-electron chi connectivity index (χ1n) is 11.6. The van der Waals surface area contributed by atoms with E-state index < -0.39 is 46.9 Å². The molecule has 2 amide bonds. The van der Waals surface area contributed by atoms with Crippen molar-refractivity contribution in [1.82, 2.24) is 15.1 Å². The molecule has 39 heavy (non-hydrogen) atoms. The van der Waals surface area contributed by atoms with Gasteiger partial charge >= 0.3 is 11.9 Å². The number of anilines is 1. The third-order valence-corrected chi connectivity index (χ3v) is 6.95. The van der Waals surface area contributed by atoms with Gasteiger partial charge in [-0.3, -0.25) is 29.0 Å². The second-order valence-corrected chi connectivity index (χ2v) is 11.4. The lowest BCUT2D eigenvalue weighted by Gasteiger charge is -2.25. The van der Waals surface area contributed by atoms with Crippen LogP contribution in [0.1, 0.15) is 5.56 Å². The summed E-state index contributed by atoms with van der Waals surface area (Å²) in [7, 11) is -3.80. The van der Waals surface area contributed by atoms with E-state index in [0.717, 1.165) is 9.13 Å². The molecule has 0 saturated heterocycles. The molecule has 0 aromatic heterocycles. The minimum absolute atomic E-state index is 0.0242. The molecule has 0 fully saturated rings. The Labute approximate surface area is 239 Å². The van der Waals surface area contributed by atoms with Crippen molar-refractivity contribution in [3.05, 3.63) is 57.7 Å². The van der Waals surface area contributed by atoms with Gasteiger partial charge in [0.2, 0.25) is 21.8 Å². The summed E-state index contributed by atoms with van der Waals surface area (Å²) < 4.78 is 23.7. The number of hydrogen-bond donors (Lipinski definition) is 5. The summed E-state index contributed by atoms with van der Waals surface area (Å²) in [6.45, 7) is -1.13. The van der Waals surface area contributed by atoms with Crippen LogP contribution in [0, 0.1) is 3.57 Å². The number of hydrogen-bond acceptors (Lipinski definition) is 8. The highest BCUT2D eigenvalue weighted by atomic mass is 127. The van der Waals surface area contributed by atoms with Crippen molar-refractivity contribution in [2.45, 2.75) is 11.3 Å². The summed E-state index contributed by atoms with van der Waals surface area (Å²) in [5.74, 6) is -3.20. The van der Waals surface area contributed by atoms with Crippen LogP contribution in [0.3, 0.4) is 0 Å². The number of carboxylic acids is 2. The van der Waals surface area contributed by atoms with Crippen LogP contribution >= 0.6 is 22.6 Å². The number of halogens is 1. The van der Waals surface area contributed by atoms with Gasteiger partial charge in [0.1, 0.15) is 0 Å². The van der Waals surface area contributed by atoms with Gasteiger partial charge in [0.15, 0.2) is 0 Å². The van der Waals surface area contributed by atoms with Gasteiger partial charge in [-0.05, 0) is 71.0 Å². The molecule has 2 aromatic carbocycles. The fourth-order valence-corrected chi connectivity index (χ4v) is 4.36. The summed E-state index contributed by atoms with van der Waals surface area (Å²) in [4.78, 5) is 50.2. The van der Waals surface area contributed by atoms with Crippen LogP contribution in [-0.4, -0.2) is 98.0 Å². The SMILES string of the molecule is NS(=O)(=O)c1ccc(CCNC(=O)CN(CCN(CC(=O)O)CC(=O)Nc2ccc(I)cc2)CC(=O)O)cc1. The third-order valence-electron chi connectivity index (χ3n) is 5.30. The summed E-state index contributed by atoms with van der Waals surface area (Å²) in [6.07, 6.45) is 0.400. The van der Waals surface area contributed by atoms with Crippen LogP contribution < -0.4 is 15.8 Å². The number of amides is 2. The smallest absolute Gasteiger partial charge is 0.317 e. The number of carbonyl (C=O) groups is 4. The fraction of sp³-hybridized carbons (Fsp3) is 0.333. The lowest BCUT2D eigenvalue weighted by molar-refractivity contribution is -0.141. The Morgan fingerprint density at radius 3 is 1.79 bits per heavy atom. The Kier molecular flexibility index (Phi) is 12.7. The Hall–Kier alpha value is -3.12. The normalized spacial score (nSPS) is 11.4. The van der Waals surface area contributed by atoms with Crippen molar-refractivity contribution < 1.29 is 37.8 Å². The Morgan fingerprint density at radius 1 is 0.795 bits per heavy atom. The van der Waals surface area contributed by atoms with Gasteiger partial charge in [0.05, 0.1) is 31.1 Å². The van der Waals surface area contributed by atoms with Crippen molar-refractivity contribution in [3.63, 3.8) is 0 Å². The first kappa shape index (κ1) is 32.1. The number of carbonyl (C=O) groups excluding carboxylic acids is 2. The molecule has 0 aliphatic rings. The minimum Gasteiger partial charge on any atom is -0.480 e. The standard InChI is InChI=1S/C24H30IN5O8S/c25-18-3-5-19(6-4-18)28-22(32)14-30(16-24(35)36)12-11-29(15-23(33)34)13-21(31)27-10-9-17-1-7-20(8-2-17)39(26,37)38/h1-8H,9-16H2,(H,27,31)(H,28,32)(H,33,34)(H,35,36)(H2,26,37,38). The van der Waals surface area contributed by atoms with Crippen molar-refractivity contribution in [1.29, 1.82) is 0 Å². The zero-order valence-corrected chi connectivity index (χ0v) is 23.9. The van der Waals surface area contributed by atoms with E-state index in [1.807, 2.05) is 12.1 Å². The predicted octanol–water partition coefficient (Wildman–Crippen LogP) is 0.00920. The van der Waals surface area contributed by atoms with E-state index in [1.165, 1.54) is 21.9 Å². The monoisotopic (exact) mass is 675 g/mol. The third kappa shape index (κ3) is 13.0. The second-order valence-electron chi connectivity index (χ2n) is 8.55. The van der Waals surface area contributed by atoms with Crippen LogP contribution in [0.25, 0.3) is 0 Å². The van der Waals surface area contributed by atoms with Crippen molar-refractivity contribution in [2.75, 3.05) is 51.1 Å². The number of carboxylic acid groups (broad SMARTS) is 2. The Morgan fingerprint density at radius 2 is 1.31 bits per heavy atom. The topological polar surface area (TPSA) is 199 Å². The maximum Gasteiger partial charge on any atom is 0.317 e. The van der Waals surface area contributed by atoms with Gasteiger partial charge < -0.3 is 20.8 Å². The average Bonchev–Trinajstić information content (AvgIpc) is 2.83. The second kappa shape index (κ2) is 15.5. The molecule has 0 spiro atoms. The lowest BCUT2D eigenvalue weighted by Crippen LogP contribution is -2.46. The summed E-state index contributed by atoms with van der Waals surface area (Å²) in [5.41, 5.74) is 1.32. The molecule has 212 valence electrons. The number of nitrogens with one attached hydrogen (secondary N) is 2. The summed E-state index contributed by atoms with van der Waals surface area (Å²) >= 11 is 2.13. The number of primary sulfonamides is 1. The first-order chi connectivity index (χ1) is 18.3. The quantitative estimate of drug-likeness (QED) is 0.151. The highest BCUT2D eigenvalue weighted by Crippen LogP contribution is 2.11. The molecule has 0 aliphatic carbocycles. The van der Waals surface area contributed by atoms with Gasteiger partial charge in [0, 0.05) is 28.9 Å². The molecule has 0 saturated carbocycles. The highest BCUT2D eigenvalue weighted by Gasteiger charge is 2.19. The highest BCUT2D eigenvalue weighted by molar-refractivity contribution is 14.1. The molecule has 0 aliphatic heterocycles. The van der Waals surface area contributed by atoms with E-state index in [0.29, 0.717) is 12.1 Å². The molecular formula is C24H30IN5O8S. The molecule has 2 rings (SSSR count). The van der Waals surface area contributed by atoms with Crippen LogP contribution in [-0.2, 0) is 35.6 Å². The summed E-state index contributed by atoms with van der Waals surface area (Å²) in [5, 5.41) is 28.9. The van der Waals surface area contributed by atoms with E-state index in [-0.39, 0.29) is 37.6 Å². The zero-order chi connectivity index (χ0) is 29.0. The van der Waals surface area contributed by atoms with Gasteiger partial charge in [-0.1, -0.05) is 12.1 Å². The van der Waals surface area contributed by atoms with Crippen molar-refractivity contribution >= 4 is 62.1 Å². The van der Waals surface area contributed by atoms with Gasteiger partial charge in [-0.2, -0.15) is 0 Å². The van der Waals surface area contributed by atoms with E-state index in [9.17, 15) is 37.8 Å². The lowest BCUT2D eigenvalue weighted by atomic mass is 10.1. The molecule has 0 atom stereocenters. The van der Waals surface area contributed by atoms with Crippen LogP contribution in [0.15, 0.2) is 53.4 Å². The largest absolute Gasteiger partial charge is 0.480 e. The van der Waals surface area contributed by atoms with Gasteiger partial charge in [-0.15, -0.1) is 0 Å². The molecule has 0 bridgehead atoms. The van der Waals surface area contributed by atoms with Crippen LogP contribution in [0.2, 0.25) is 0 Å². The fourth-order valence-electron chi connectivity index (χ4n) is 3.48. The van der Waals surface area contributed by atoms with Crippen molar-refractivity contribution in [2.24, 2.45) is 5.14 Å². The average molecular weight is 676 g/mol. The van der Waals surface area contributed by atoms with E-state index in [2.05, 4.69) is 33.2 Å². The number of nitrogens with two attached hydrogens (primary N) is 1. The molecule has 15 heteroatoms. The van der Waals surface area contributed by atoms with E-state index >= 15 is 0 Å². The number of nitrogens with zero attached hydrogens (tertiary/aromatic N) is 2. The van der Waals surface area contributed by atoms with E-state index in [4.69, 9.17) is 5.14 Å². The Balaban J connectivity index is 1.88. The predicted molar refractivity (Wildman–Crippen MR) is 150 cm³/mol. The molecule has 6 N–H and O–H groups in total. The first-order valence-corrected chi connectivity index (χ1v) is 14.3. The Bertz CT molecular complexity index is 1260. The number of rotatable bonds is 16. The zero-order valence-electron chi connectivity index (χ0n) is 20.9. The molecule has 13 nitrogen and oxygen atoms in total. The van der Waals surface area contributed by atoms with Crippen LogP contribution in [0.4, 0.5) is 5.69 Å². The molecular weight excluding hydrogens is 645 g/mol. The summed E-state index contributed by atoms with van der Waals surface area (Å²) in [6, 6.07) is 12.9. The molecule has 0 unspecified atom stereocenters. The number of aliphatic carboxylic acids is 2. The maximum absolute atomic E-state index is 12.4. The maximum atomic E-state index is 12.4. The number of sulfonamides is 1. The van der Waals surface area contributed by atoms with Gasteiger partial charge in [0.25, 0.3) is 0 Å². The minimum atomic E-state index is -3.80. The van der Waals surface area contributed by atoms with Crippen LogP contribution in [0.5, 0.6) is 0 Å². The van der Waals surface area contributed by atoms with Crippen molar-refractivity contribution in [3.8, 4) is 0 Å². The van der Waals surface area contributed by atoms with Gasteiger partial charge in [-0.25, -0.2) is 13.6 Å². The van der Waals surface area contributed by atoms with E-state index in [1.54, 1.807) is 24.3 Å².